The molecule has 0 aromatic heterocycles. The van der Waals surface area contributed by atoms with Crippen LogP contribution in [0.2, 0.25) is 0 Å². The van der Waals surface area contributed by atoms with Crippen LogP contribution in [0.4, 0.5) is 0 Å². The van der Waals surface area contributed by atoms with Crippen LogP contribution in [0.1, 0.15) is 12.0 Å². The maximum atomic E-state index is 9.71. The molecule has 0 spiro atoms. The fourth-order valence-electron chi connectivity index (χ4n) is 1.43. The minimum Gasteiger partial charge on any atom is -0.391 e. The fraction of sp³-hybridized carbons (Fsp3) is 0.385. The third-order valence-electron chi connectivity index (χ3n) is 2.22. The second-order valence-corrected chi connectivity index (χ2v) is 3.63. The molecule has 0 aliphatic carbocycles. The predicted molar refractivity (Wildman–Crippen MR) is 63.8 cm³/mol. The molecule has 0 amide bonds. The van der Waals surface area contributed by atoms with Crippen molar-refractivity contribution >= 4 is 0 Å². The Kier molecular flexibility index (Phi) is 5.74. The molecular formula is C13H19NO. The standard InChI is InChI=1S/C13H19NO/c1-2-3-9-14-11-13(15)10-12-7-5-4-6-8-12/h2,4-8,13-15H,1,3,9-11H2. The van der Waals surface area contributed by atoms with Gasteiger partial charge in [0.1, 0.15) is 0 Å². The first kappa shape index (κ1) is 12.0. The quantitative estimate of drug-likeness (QED) is 0.525. The van der Waals surface area contributed by atoms with E-state index in [0.29, 0.717) is 13.0 Å². The Morgan fingerprint density at radius 2 is 2.07 bits per heavy atom. The molecule has 1 unspecified atom stereocenters. The molecular weight excluding hydrogens is 186 g/mol. The van der Waals surface area contributed by atoms with Crippen molar-refractivity contribution in [2.75, 3.05) is 13.1 Å². The first-order valence-electron chi connectivity index (χ1n) is 5.36. The van der Waals surface area contributed by atoms with Crippen LogP contribution in [0.3, 0.4) is 0 Å². The second kappa shape index (κ2) is 7.21. The highest BCUT2D eigenvalue weighted by Crippen LogP contribution is 2.02. The molecule has 0 radical (unpaired) electrons. The van der Waals surface area contributed by atoms with Crippen LogP contribution < -0.4 is 5.32 Å². The lowest BCUT2D eigenvalue weighted by molar-refractivity contribution is 0.172. The average molecular weight is 205 g/mol. The summed E-state index contributed by atoms with van der Waals surface area (Å²) in [6.45, 7) is 5.17. The minimum absolute atomic E-state index is 0.308. The Bertz CT molecular complexity index is 271. The molecule has 2 heteroatoms. The molecule has 0 bridgehead atoms. The zero-order valence-electron chi connectivity index (χ0n) is 9.02. The maximum Gasteiger partial charge on any atom is 0.0704 e. The van der Waals surface area contributed by atoms with Crippen molar-refractivity contribution in [2.24, 2.45) is 0 Å². The van der Waals surface area contributed by atoms with Gasteiger partial charge in [-0.1, -0.05) is 36.4 Å². The molecule has 1 atom stereocenters. The number of aliphatic hydroxyl groups excluding tert-OH is 1. The van der Waals surface area contributed by atoms with Gasteiger partial charge in [-0.2, -0.15) is 0 Å². The van der Waals surface area contributed by atoms with E-state index in [1.165, 1.54) is 5.56 Å². The van der Waals surface area contributed by atoms with Gasteiger partial charge in [0, 0.05) is 6.54 Å². The molecule has 0 fully saturated rings. The van der Waals surface area contributed by atoms with Crippen LogP contribution in [0.25, 0.3) is 0 Å². The van der Waals surface area contributed by atoms with Crippen molar-refractivity contribution in [3.63, 3.8) is 0 Å². The molecule has 0 saturated carbocycles. The third-order valence-corrected chi connectivity index (χ3v) is 2.22. The number of hydrogen-bond donors (Lipinski definition) is 2. The summed E-state index contributed by atoms with van der Waals surface area (Å²) in [6, 6.07) is 10.0. The molecule has 0 heterocycles. The zero-order chi connectivity index (χ0) is 10.9. The monoisotopic (exact) mass is 205 g/mol. The summed E-state index contributed by atoms with van der Waals surface area (Å²) in [5, 5.41) is 12.9. The number of aliphatic hydroxyl groups is 1. The molecule has 2 nitrogen and oxygen atoms in total. The highest BCUT2D eigenvalue weighted by Gasteiger charge is 2.03. The van der Waals surface area contributed by atoms with Crippen LogP contribution in [-0.2, 0) is 6.42 Å². The van der Waals surface area contributed by atoms with Gasteiger partial charge in [0.05, 0.1) is 6.10 Å². The topological polar surface area (TPSA) is 32.3 Å². The van der Waals surface area contributed by atoms with Gasteiger partial charge < -0.3 is 10.4 Å². The summed E-state index contributed by atoms with van der Waals surface area (Å²) in [4.78, 5) is 0. The first-order valence-corrected chi connectivity index (χ1v) is 5.36. The molecule has 15 heavy (non-hydrogen) atoms. The van der Waals surface area contributed by atoms with Crippen LogP contribution in [0.5, 0.6) is 0 Å². The van der Waals surface area contributed by atoms with Gasteiger partial charge in [0.2, 0.25) is 0 Å². The second-order valence-electron chi connectivity index (χ2n) is 3.63. The van der Waals surface area contributed by atoms with E-state index in [1.54, 1.807) is 0 Å². The van der Waals surface area contributed by atoms with Gasteiger partial charge in [-0.15, -0.1) is 6.58 Å². The molecule has 0 aliphatic heterocycles. The Hall–Kier alpha value is -1.12. The van der Waals surface area contributed by atoms with Crippen LogP contribution in [0.15, 0.2) is 43.0 Å². The summed E-state index contributed by atoms with van der Waals surface area (Å²) in [5.74, 6) is 0. The van der Waals surface area contributed by atoms with Crippen LogP contribution in [0, 0.1) is 0 Å². The number of rotatable bonds is 7. The fourth-order valence-corrected chi connectivity index (χ4v) is 1.43. The first-order chi connectivity index (χ1) is 7.33. The van der Waals surface area contributed by atoms with E-state index in [1.807, 2.05) is 36.4 Å². The lowest BCUT2D eigenvalue weighted by atomic mass is 10.1. The molecule has 1 aromatic carbocycles. The van der Waals surface area contributed by atoms with E-state index in [4.69, 9.17) is 0 Å². The number of nitrogens with one attached hydrogen (secondary N) is 1. The summed E-state index contributed by atoms with van der Waals surface area (Å²) in [5.41, 5.74) is 1.18. The van der Waals surface area contributed by atoms with Gasteiger partial charge in [0.15, 0.2) is 0 Å². The normalized spacial score (nSPS) is 12.3. The van der Waals surface area contributed by atoms with E-state index in [-0.39, 0.29) is 6.10 Å². The van der Waals surface area contributed by atoms with Crippen molar-refractivity contribution in [3.05, 3.63) is 48.6 Å². The van der Waals surface area contributed by atoms with Gasteiger partial charge in [-0.3, -0.25) is 0 Å². The van der Waals surface area contributed by atoms with E-state index in [0.717, 1.165) is 13.0 Å². The lowest BCUT2D eigenvalue weighted by Gasteiger charge is -2.11. The van der Waals surface area contributed by atoms with Crippen molar-refractivity contribution < 1.29 is 5.11 Å². The Morgan fingerprint density at radius 1 is 1.33 bits per heavy atom. The van der Waals surface area contributed by atoms with Crippen molar-refractivity contribution in [2.45, 2.75) is 18.9 Å². The van der Waals surface area contributed by atoms with Crippen LogP contribution >= 0.6 is 0 Å². The summed E-state index contributed by atoms with van der Waals surface area (Å²) in [6.07, 6.45) is 3.22. The number of hydrogen-bond acceptors (Lipinski definition) is 2. The zero-order valence-corrected chi connectivity index (χ0v) is 9.02. The summed E-state index contributed by atoms with van der Waals surface area (Å²) < 4.78 is 0. The van der Waals surface area contributed by atoms with Gasteiger partial charge in [-0.05, 0) is 24.9 Å². The van der Waals surface area contributed by atoms with Crippen molar-refractivity contribution in [3.8, 4) is 0 Å². The molecule has 0 saturated heterocycles. The van der Waals surface area contributed by atoms with E-state index in [2.05, 4.69) is 11.9 Å². The number of benzene rings is 1. The van der Waals surface area contributed by atoms with E-state index in [9.17, 15) is 5.11 Å². The lowest BCUT2D eigenvalue weighted by Crippen LogP contribution is -2.28. The summed E-state index contributed by atoms with van der Waals surface area (Å²) in [7, 11) is 0. The predicted octanol–water partition coefficient (Wildman–Crippen LogP) is 1.76. The molecule has 2 N–H and O–H groups in total. The Morgan fingerprint density at radius 3 is 2.73 bits per heavy atom. The smallest absolute Gasteiger partial charge is 0.0704 e. The van der Waals surface area contributed by atoms with Crippen molar-refractivity contribution in [1.82, 2.24) is 5.32 Å². The van der Waals surface area contributed by atoms with E-state index < -0.39 is 0 Å². The van der Waals surface area contributed by atoms with Crippen molar-refractivity contribution in [1.29, 1.82) is 0 Å². The Balaban J connectivity index is 2.18. The molecule has 82 valence electrons. The maximum absolute atomic E-state index is 9.71. The van der Waals surface area contributed by atoms with Gasteiger partial charge in [0.25, 0.3) is 0 Å². The van der Waals surface area contributed by atoms with Crippen LogP contribution in [-0.4, -0.2) is 24.3 Å². The molecule has 0 aliphatic rings. The SMILES string of the molecule is C=CCCNCC(O)Cc1ccccc1. The van der Waals surface area contributed by atoms with Gasteiger partial charge >= 0.3 is 0 Å². The average Bonchev–Trinajstić information content (AvgIpc) is 2.26. The molecule has 1 rings (SSSR count). The van der Waals surface area contributed by atoms with E-state index >= 15 is 0 Å². The third kappa shape index (κ3) is 5.35. The summed E-state index contributed by atoms with van der Waals surface area (Å²) >= 11 is 0. The Labute approximate surface area is 91.6 Å². The largest absolute Gasteiger partial charge is 0.391 e. The van der Waals surface area contributed by atoms with Gasteiger partial charge in [-0.25, -0.2) is 0 Å². The minimum atomic E-state index is -0.308. The highest BCUT2D eigenvalue weighted by molar-refractivity contribution is 5.15. The highest BCUT2D eigenvalue weighted by atomic mass is 16.3. The molecule has 1 aromatic rings.